The largest absolute Gasteiger partial charge is 0.493 e. The van der Waals surface area contributed by atoms with Gasteiger partial charge in [0.15, 0.2) is 17.2 Å². The Labute approximate surface area is 201 Å². The summed E-state index contributed by atoms with van der Waals surface area (Å²) < 4.78 is 22.1. The molecule has 0 saturated heterocycles. The Kier molecular flexibility index (Phi) is 7.17. The second-order valence-corrected chi connectivity index (χ2v) is 7.67. The first-order valence-electron chi connectivity index (χ1n) is 10.0. The number of hydrogen-bond acceptors (Lipinski definition) is 6. The molecule has 0 bridgehead atoms. The Bertz CT molecular complexity index is 1220. The summed E-state index contributed by atoms with van der Waals surface area (Å²) >= 11 is 12.6. The van der Waals surface area contributed by atoms with E-state index in [1.807, 2.05) is 30.3 Å². The third-order valence-electron chi connectivity index (χ3n) is 4.62. The number of aliphatic imine (C=N–C) groups is 1. The lowest BCUT2D eigenvalue weighted by atomic mass is 10.1. The van der Waals surface area contributed by atoms with Crippen LogP contribution in [0.5, 0.6) is 17.2 Å². The van der Waals surface area contributed by atoms with E-state index in [9.17, 15) is 4.79 Å². The predicted octanol–water partition coefficient (Wildman–Crippen LogP) is 5.80. The fraction of sp³-hybridized carbons (Fsp3) is 0.120. The van der Waals surface area contributed by atoms with Crippen LogP contribution in [0.4, 0.5) is 0 Å². The van der Waals surface area contributed by atoms with E-state index in [0.717, 1.165) is 5.75 Å². The summed E-state index contributed by atoms with van der Waals surface area (Å²) in [6, 6.07) is 19.8. The molecular weight excluding hydrogens is 465 g/mol. The number of carbonyl (C=O) groups is 1. The molecule has 0 aromatic heterocycles. The Morgan fingerprint density at radius 3 is 2.42 bits per heavy atom. The summed E-state index contributed by atoms with van der Waals surface area (Å²) in [5, 5.41) is 0.760. The van der Waals surface area contributed by atoms with Crippen LogP contribution in [0.25, 0.3) is 6.08 Å². The number of ether oxygens (including phenoxy) is 4. The quantitative estimate of drug-likeness (QED) is 0.230. The molecule has 0 unspecified atom stereocenters. The normalized spacial score (nSPS) is 14.1. The molecule has 0 N–H and O–H groups in total. The minimum Gasteiger partial charge on any atom is -0.493 e. The van der Waals surface area contributed by atoms with E-state index in [-0.39, 0.29) is 18.2 Å². The average Bonchev–Trinajstić information content (AvgIpc) is 3.18. The van der Waals surface area contributed by atoms with Crippen molar-refractivity contribution in [3.05, 3.63) is 93.6 Å². The van der Waals surface area contributed by atoms with Crippen LogP contribution in [0, 0.1) is 0 Å². The van der Waals surface area contributed by atoms with Crippen molar-refractivity contribution in [2.45, 2.75) is 0 Å². The Morgan fingerprint density at radius 2 is 1.67 bits per heavy atom. The molecule has 168 valence electrons. The third-order valence-corrected chi connectivity index (χ3v) is 5.23. The molecule has 0 aliphatic carbocycles. The van der Waals surface area contributed by atoms with Gasteiger partial charge in [-0.3, -0.25) is 0 Å². The summed E-state index contributed by atoms with van der Waals surface area (Å²) in [5.74, 6) is 1.11. The van der Waals surface area contributed by atoms with Crippen LogP contribution >= 0.6 is 23.2 Å². The van der Waals surface area contributed by atoms with Crippen molar-refractivity contribution in [3.63, 3.8) is 0 Å². The summed E-state index contributed by atoms with van der Waals surface area (Å²) in [7, 11) is 1.51. The van der Waals surface area contributed by atoms with Crippen molar-refractivity contribution in [2.75, 3.05) is 20.3 Å². The molecule has 33 heavy (non-hydrogen) atoms. The molecule has 0 spiro atoms. The Balaban J connectivity index is 1.49. The van der Waals surface area contributed by atoms with E-state index in [1.165, 1.54) is 7.11 Å². The van der Waals surface area contributed by atoms with Gasteiger partial charge in [-0.25, -0.2) is 9.79 Å². The molecule has 1 aliphatic heterocycles. The first kappa shape index (κ1) is 22.7. The van der Waals surface area contributed by atoms with E-state index in [2.05, 4.69) is 4.99 Å². The van der Waals surface area contributed by atoms with Gasteiger partial charge in [0.05, 0.1) is 22.7 Å². The molecule has 0 amide bonds. The molecule has 0 fully saturated rings. The number of esters is 1. The van der Waals surface area contributed by atoms with E-state index in [4.69, 9.17) is 42.1 Å². The molecule has 1 heterocycles. The van der Waals surface area contributed by atoms with Gasteiger partial charge in [-0.1, -0.05) is 53.5 Å². The summed E-state index contributed by atoms with van der Waals surface area (Å²) in [6.45, 7) is 0.601. The molecule has 4 rings (SSSR count). The van der Waals surface area contributed by atoms with Crippen LogP contribution < -0.4 is 14.2 Å². The lowest BCUT2D eigenvalue weighted by Gasteiger charge is -2.14. The van der Waals surface area contributed by atoms with Crippen molar-refractivity contribution >= 4 is 41.1 Å². The summed E-state index contributed by atoms with van der Waals surface area (Å²) in [4.78, 5) is 16.6. The monoisotopic (exact) mass is 483 g/mol. The smallest absolute Gasteiger partial charge is 0.363 e. The second kappa shape index (κ2) is 10.4. The maximum absolute atomic E-state index is 12.3. The van der Waals surface area contributed by atoms with E-state index in [1.54, 1.807) is 42.5 Å². The van der Waals surface area contributed by atoms with Gasteiger partial charge in [-0.05, 0) is 48.0 Å². The highest BCUT2D eigenvalue weighted by Crippen LogP contribution is 2.37. The number of methoxy groups -OCH3 is 1. The van der Waals surface area contributed by atoms with E-state index >= 15 is 0 Å². The highest BCUT2D eigenvalue weighted by Gasteiger charge is 2.25. The molecule has 0 radical (unpaired) electrons. The number of benzene rings is 3. The van der Waals surface area contributed by atoms with E-state index in [0.29, 0.717) is 39.3 Å². The lowest BCUT2D eigenvalue weighted by molar-refractivity contribution is -0.129. The standard InChI is InChI=1S/C25H19Cl2NO5/c1-30-22-15-16(13-20(27)23(22)32-12-11-31-17-7-3-2-4-8-17)14-21-25(29)33-24(28-21)18-9-5-6-10-19(18)26/h2-10,13-15H,11-12H2,1H3. The zero-order valence-electron chi connectivity index (χ0n) is 17.6. The molecule has 0 saturated carbocycles. The SMILES string of the molecule is COc1cc(C=C2N=C(c3ccccc3Cl)OC2=O)cc(Cl)c1OCCOc1ccccc1. The minimum absolute atomic E-state index is 0.118. The van der Waals surface area contributed by atoms with Crippen molar-refractivity contribution in [2.24, 2.45) is 4.99 Å². The van der Waals surface area contributed by atoms with Crippen LogP contribution in [0.2, 0.25) is 10.0 Å². The van der Waals surface area contributed by atoms with Gasteiger partial charge in [-0.15, -0.1) is 0 Å². The molecule has 3 aromatic carbocycles. The van der Waals surface area contributed by atoms with Gasteiger partial charge in [0.25, 0.3) is 0 Å². The first-order valence-corrected chi connectivity index (χ1v) is 10.8. The zero-order valence-corrected chi connectivity index (χ0v) is 19.1. The third kappa shape index (κ3) is 5.48. The number of para-hydroxylation sites is 1. The topological polar surface area (TPSA) is 66.4 Å². The molecule has 1 aliphatic rings. The maximum atomic E-state index is 12.3. The molecule has 0 atom stereocenters. The lowest BCUT2D eigenvalue weighted by Crippen LogP contribution is -2.10. The number of hydrogen-bond donors (Lipinski definition) is 0. The fourth-order valence-corrected chi connectivity index (χ4v) is 3.59. The average molecular weight is 484 g/mol. The Morgan fingerprint density at radius 1 is 0.939 bits per heavy atom. The van der Waals surface area contributed by atoms with Gasteiger partial charge in [0.2, 0.25) is 5.90 Å². The first-order chi connectivity index (χ1) is 16.0. The van der Waals surface area contributed by atoms with Gasteiger partial charge >= 0.3 is 5.97 Å². The fourth-order valence-electron chi connectivity index (χ4n) is 3.10. The second-order valence-electron chi connectivity index (χ2n) is 6.86. The van der Waals surface area contributed by atoms with Gasteiger partial charge in [-0.2, -0.15) is 0 Å². The van der Waals surface area contributed by atoms with E-state index < -0.39 is 5.97 Å². The van der Waals surface area contributed by atoms with Crippen molar-refractivity contribution in [1.82, 2.24) is 0 Å². The predicted molar refractivity (Wildman–Crippen MR) is 127 cm³/mol. The van der Waals surface area contributed by atoms with Gasteiger partial charge < -0.3 is 18.9 Å². The number of cyclic esters (lactones) is 1. The van der Waals surface area contributed by atoms with Gasteiger partial charge in [0, 0.05) is 0 Å². The van der Waals surface area contributed by atoms with Crippen molar-refractivity contribution in [1.29, 1.82) is 0 Å². The molecule has 3 aromatic rings. The van der Waals surface area contributed by atoms with Crippen LogP contribution in [-0.4, -0.2) is 32.2 Å². The molecule has 8 heteroatoms. The number of nitrogens with zero attached hydrogens (tertiary/aromatic N) is 1. The number of carbonyl (C=O) groups excluding carboxylic acids is 1. The zero-order chi connectivity index (χ0) is 23.2. The Hall–Kier alpha value is -3.48. The van der Waals surface area contributed by atoms with Crippen LogP contribution in [0.1, 0.15) is 11.1 Å². The van der Waals surface area contributed by atoms with Crippen LogP contribution in [0.3, 0.4) is 0 Å². The van der Waals surface area contributed by atoms with Crippen molar-refractivity contribution < 1.29 is 23.7 Å². The minimum atomic E-state index is -0.585. The molecular formula is C25H19Cl2NO5. The maximum Gasteiger partial charge on any atom is 0.363 e. The highest BCUT2D eigenvalue weighted by molar-refractivity contribution is 6.34. The number of rotatable bonds is 8. The van der Waals surface area contributed by atoms with Crippen molar-refractivity contribution in [3.8, 4) is 17.2 Å². The number of halogens is 2. The summed E-state index contributed by atoms with van der Waals surface area (Å²) in [6.07, 6.45) is 1.56. The summed E-state index contributed by atoms with van der Waals surface area (Å²) in [5.41, 5.74) is 1.25. The van der Waals surface area contributed by atoms with Gasteiger partial charge in [0.1, 0.15) is 19.0 Å². The van der Waals surface area contributed by atoms with Crippen LogP contribution in [0.15, 0.2) is 77.4 Å². The highest BCUT2D eigenvalue weighted by atomic mass is 35.5. The molecule has 6 nitrogen and oxygen atoms in total. The van der Waals surface area contributed by atoms with Crippen LogP contribution in [-0.2, 0) is 9.53 Å².